The van der Waals surface area contributed by atoms with Gasteiger partial charge in [-0.15, -0.1) is 0 Å². The van der Waals surface area contributed by atoms with E-state index < -0.39 is 0 Å². The van der Waals surface area contributed by atoms with Gasteiger partial charge in [-0.1, -0.05) is 44.2 Å². The van der Waals surface area contributed by atoms with Crippen LogP contribution >= 0.6 is 0 Å². The van der Waals surface area contributed by atoms with E-state index in [1.165, 1.54) is 44.1 Å². The van der Waals surface area contributed by atoms with Crippen LogP contribution in [0.2, 0.25) is 0 Å². The number of hydrogen-bond acceptors (Lipinski definition) is 1. The minimum Gasteiger partial charge on any atom is -0.450 e. The molecule has 1 aliphatic rings. The smallest absolute Gasteiger partial charge is 0.256 e. The van der Waals surface area contributed by atoms with E-state index >= 15 is 0 Å². The standard InChI is InChI=1S/C25H24NO/c1-15(2)12-17-9-11-20-19(13-17)14-22-25(26(20)4)23-16(3)8-10-18-6-5-7-21(27-22)24(18)23/h5-11,13-15H,12H2,1-4H3/q+1. The Bertz CT molecular complexity index is 1220. The molecule has 0 amide bonds. The number of hydrogen-bond donors (Lipinski definition) is 0. The van der Waals surface area contributed by atoms with E-state index in [2.05, 4.69) is 87.0 Å². The van der Waals surface area contributed by atoms with Gasteiger partial charge in [0.15, 0.2) is 5.75 Å². The van der Waals surface area contributed by atoms with Gasteiger partial charge in [-0.2, -0.15) is 4.57 Å². The zero-order valence-electron chi connectivity index (χ0n) is 16.3. The van der Waals surface area contributed by atoms with Gasteiger partial charge in [0.2, 0.25) is 5.52 Å². The number of rotatable bonds is 2. The van der Waals surface area contributed by atoms with Gasteiger partial charge in [-0.05, 0) is 47.9 Å². The number of benzene rings is 3. The van der Waals surface area contributed by atoms with Gasteiger partial charge in [-0.3, -0.25) is 0 Å². The van der Waals surface area contributed by atoms with E-state index in [1.54, 1.807) is 0 Å². The molecule has 0 aliphatic carbocycles. The summed E-state index contributed by atoms with van der Waals surface area (Å²) in [5.74, 6) is 2.55. The van der Waals surface area contributed by atoms with Crippen LogP contribution in [0.4, 0.5) is 0 Å². The molecule has 1 aromatic heterocycles. The van der Waals surface area contributed by atoms with Crippen molar-refractivity contribution < 1.29 is 9.30 Å². The molecule has 0 fully saturated rings. The molecule has 0 atom stereocenters. The highest BCUT2D eigenvalue weighted by Gasteiger charge is 2.30. The topological polar surface area (TPSA) is 13.1 Å². The molecule has 27 heavy (non-hydrogen) atoms. The van der Waals surface area contributed by atoms with Crippen molar-refractivity contribution in [1.29, 1.82) is 0 Å². The highest BCUT2D eigenvalue weighted by atomic mass is 16.5. The molecule has 1 aliphatic heterocycles. The van der Waals surface area contributed by atoms with E-state index in [1.807, 2.05) is 0 Å². The van der Waals surface area contributed by atoms with Gasteiger partial charge in [0.05, 0.1) is 10.9 Å². The molecule has 0 saturated carbocycles. The number of nitrogens with zero attached hydrogens (tertiary/aromatic N) is 1. The molecule has 3 aromatic carbocycles. The van der Waals surface area contributed by atoms with Gasteiger partial charge >= 0.3 is 0 Å². The molecule has 134 valence electrons. The van der Waals surface area contributed by atoms with Gasteiger partial charge in [0.25, 0.3) is 5.69 Å². The predicted molar refractivity (Wildman–Crippen MR) is 111 cm³/mol. The Kier molecular flexibility index (Phi) is 3.51. The van der Waals surface area contributed by atoms with Crippen LogP contribution in [0.25, 0.3) is 32.9 Å². The van der Waals surface area contributed by atoms with E-state index in [-0.39, 0.29) is 0 Å². The van der Waals surface area contributed by atoms with Gasteiger partial charge in [0.1, 0.15) is 12.8 Å². The molecular formula is C25H24NO+. The monoisotopic (exact) mass is 354 g/mol. The maximum Gasteiger partial charge on any atom is 0.256 e. The first kappa shape index (κ1) is 16.3. The average molecular weight is 354 g/mol. The lowest BCUT2D eigenvalue weighted by molar-refractivity contribution is -0.633. The number of aromatic nitrogens is 1. The van der Waals surface area contributed by atoms with E-state index in [4.69, 9.17) is 4.74 Å². The molecule has 0 unspecified atom stereocenters. The zero-order valence-corrected chi connectivity index (χ0v) is 16.3. The highest BCUT2D eigenvalue weighted by molar-refractivity contribution is 6.04. The molecule has 0 N–H and O–H groups in total. The Morgan fingerprint density at radius 2 is 1.78 bits per heavy atom. The van der Waals surface area contributed by atoms with Crippen LogP contribution in [0, 0.1) is 12.8 Å². The lowest BCUT2D eigenvalue weighted by Crippen LogP contribution is -2.33. The number of aryl methyl sites for hydroxylation is 2. The van der Waals surface area contributed by atoms with Crippen LogP contribution in [0.15, 0.2) is 54.6 Å². The molecule has 4 aromatic rings. The number of pyridine rings is 1. The summed E-state index contributed by atoms with van der Waals surface area (Å²) >= 11 is 0. The minimum atomic E-state index is 0.650. The maximum absolute atomic E-state index is 6.39. The second kappa shape index (κ2) is 5.82. The fourth-order valence-electron chi connectivity index (χ4n) is 4.45. The van der Waals surface area contributed by atoms with Crippen molar-refractivity contribution in [2.45, 2.75) is 27.2 Å². The molecule has 0 spiro atoms. The number of ether oxygens (including phenoxy) is 1. The highest BCUT2D eigenvalue weighted by Crippen LogP contribution is 2.46. The third-order valence-electron chi connectivity index (χ3n) is 5.63. The van der Waals surface area contributed by atoms with Crippen LogP contribution < -0.4 is 9.30 Å². The SMILES string of the molecule is Cc1ccc2cccc3c2c1-c1c(cc2cc(CC(C)C)ccc2[n+]1C)O3. The zero-order chi connectivity index (χ0) is 18.7. The maximum atomic E-state index is 6.39. The summed E-state index contributed by atoms with van der Waals surface area (Å²) in [4.78, 5) is 0. The van der Waals surface area contributed by atoms with E-state index in [0.29, 0.717) is 5.92 Å². The normalized spacial score (nSPS) is 12.5. The van der Waals surface area contributed by atoms with Crippen LogP contribution in [0.5, 0.6) is 11.5 Å². The van der Waals surface area contributed by atoms with E-state index in [9.17, 15) is 0 Å². The Balaban J connectivity index is 1.83. The summed E-state index contributed by atoms with van der Waals surface area (Å²) < 4.78 is 8.69. The lowest BCUT2D eigenvalue weighted by atomic mass is 9.93. The van der Waals surface area contributed by atoms with Crippen molar-refractivity contribution >= 4 is 21.7 Å². The Hall–Kier alpha value is -2.87. The second-order valence-electron chi connectivity index (χ2n) is 8.12. The molecule has 0 radical (unpaired) electrons. The van der Waals surface area contributed by atoms with Crippen LogP contribution in [-0.4, -0.2) is 0 Å². The first-order chi connectivity index (χ1) is 13.0. The van der Waals surface area contributed by atoms with Crippen molar-refractivity contribution in [1.82, 2.24) is 0 Å². The van der Waals surface area contributed by atoms with E-state index in [0.717, 1.165) is 17.9 Å². The van der Waals surface area contributed by atoms with Crippen molar-refractivity contribution in [2.75, 3.05) is 0 Å². The average Bonchev–Trinajstić information content (AvgIpc) is 2.63. The Morgan fingerprint density at radius 3 is 2.59 bits per heavy atom. The molecule has 2 heterocycles. The molecule has 2 nitrogen and oxygen atoms in total. The summed E-state index contributed by atoms with van der Waals surface area (Å²) in [6, 6.07) is 19.8. The van der Waals surface area contributed by atoms with Crippen LogP contribution in [-0.2, 0) is 13.5 Å². The third-order valence-corrected chi connectivity index (χ3v) is 5.63. The quantitative estimate of drug-likeness (QED) is 0.349. The summed E-state index contributed by atoms with van der Waals surface area (Å²) in [6.07, 6.45) is 1.10. The molecule has 5 rings (SSSR count). The third kappa shape index (κ3) is 2.43. The van der Waals surface area contributed by atoms with Crippen molar-refractivity contribution in [2.24, 2.45) is 13.0 Å². The fraction of sp³-hybridized carbons (Fsp3) is 0.240. The van der Waals surface area contributed by atoms with Gasteiger partial charge in [-0.25, -0.2) is 0 Å². The summed E-state index contributed by atoms with van der Waals surface area (Å²) in [6.45, 7) is 6.72. The molecule has 2 heteroatoms. The van der Waals surface area contributed by atoms with Gasteiger partial charge in [0, 0.05) is 17.5 Å². The first-order valence-electron chi connectivity index (χ1n) is 9.69. The van der Waals surface area contributed by atoms with Crippen LogP contribution in [0.1, 0.15) is 25.0 Å². The van der Waals surface area contributed by atoms with Crippen molar-refractivity contribution in [3.05, 3.63) is 65.7 Å². The summed E-state index contributed by atoms with van der Waals surface area (Å²) in [5, 5.41) is 3.68. The molecular weight excluding hydrogens is 330 g/mol. The number of fused-ring (bicyclic) bond motifs is 3. The summed E-state index contributed by atoms with van der Waals surface area (Å²) in [5.41, 5.74) is 6.36. The largest absolute Gasteiger partial charge is 0.450 e. The van der Waals surface area contributed by atoms with Crippen LogP contribution in [0.3, 0.4) is 0 Å². The Morgan fingerprint density at radius 1 is 0.926 bits per heavy atom. The lowest BCUT2D eigenvalue weighted by Gasteiger charge is -2.21. The first-order valence-corrected chi connectivity index (χ1v) is 9.69. The van der Waals surface area contributed by atoms with Crippen molar-refractivity contribution in [3.63, 3.8) is 0 Å². The molecule has 0 bridgehead atoms. The van der Waals surface area contributed by atoms with Gasteiger partial charge < -0.3 is 4.74 Å². The Labute approximate surface area is 160 Å². The predicted octanol–water partition coefficient (Wildman–Crippen LogP) is 6.10. The molecule has 0 saturated heterocycles. The minimum absolute atomic E-state index is 0.650. The fourth-order valence-corrected chi connectivity index (χ4v) is 4.45. The summed E-state index contributed by atoms with van der Waals surface area (Å²) in [7, 11) is 2.15. The second-order valence-corrected chi connectivity index (χ2v) is 8.12. The van der Waals surface area contributed by atoms with Crippen molar-refractivity contribution in [3.8, 4) is 22.8 Å².